The zero-order chi connectivity index (χ0) is 13.9. The third kappa shape index (κ3) is 2.70. The van der Waals surface area contributed by atoms with Gasteiger partial charge in [0.2, 0.25) is 6.79 Å². The molecular weight excluding hydrogens is 258 g/mol. The Labute approximate surface area is 116 Å². The SMILES string of the molecule is Cn1cc(CCNCc2cc3c(cc2O)OCO3)cn1. The van der Waals surface area contributed by atoms with Crippen molar-refractivity contribution in [2.75, 3.05) is 13.3 Å². The summed E-state index contributed by atoms with van der Waals surface area (Å²) in [6.07, 6.45) is 4.76. The molecule has 106 valence electrons. The van der Waals surface area contributed by atoms with Crippen molar-refractivity contribution < 1.29 is 14.6 Å². The molecule has 1 aromatic heterocycles. The number of rotatable bonds is 5. The van der Waals surface area contributed by atoms with Crippen molar-refractivity contribution in [1.82, 2.24) is 15.1 Å². The van der Waals surface area contributed by atoms with E-state index in [0.29, 0.717) is 18.0 Å². The maximum Gasteiger partial charge on any atom is 0.231 e. The topological polar surface area (TPSA) is 68.5 Å². The Morgan fingerprint density at radius 1 is 1.35 bits per heavy atom. The summed E-state index contributed by atoms with van der Waals surface area (Å²) in [7, 11) is 1.90. The fourth-order valence-corrected chi connectivity index (χ4v) is 2.17. The number of aromatic hydroxyl groups is 1. The van der Waals surface area contributed by atoms with Crippen LogP contribution < -0.4 is 14.8 Å². The standard InChI is InChI=1S/C14H17N3O3/c1-17-8-10(6-16-17)2-3-15-7-11-4-13-14(5-12(11)18)20-9-19-13/h4-6,8,15,18H,2-3,7,9H2,1H3. The third-order valence-electron chi connectivity index (χ3n) is 3.24. The predicted octanol–water partition coefficient (Wildman–Crippen LogP) is 1.19. The van der Waals surface area contributed by atoms with Crippen molar-refractivity contribution in [1.29, 1.82) is 0 Å². The van der Waals surface area contributed by atoms with E-state index in [1.807, 2.05) is 25.5 Å². The van der Waals surface area contributed by atoms with E-state index in [1.165, 1.54) is 5.56 Å². The average Bonchev–Trinajstić information content (AvgIpc) is 3.03. The highest BCUT2D eigenvalue weighted by Crippen LogP contribution is 2.37. The summed E-state index contributed by atoms with van der Waals surface area (Å²) in [6.45, 7) is 1.62. The Balaban J connectivity index is 1.53. The molecule has 0 fully saturated rings. The van der Waals surface area contributed by atoms with Gasteiger partial charge in [0.1, 0.15) is 5.75 Å². The molecule has 0 bridgehead atoms. The Morgan fingerprint density at radius 2 is 2.15 bits per heavy atom. The number of hydrogen-bond donors (Lipinski definition) is 2. The molecule has 0 radical (unpaired) electrons. The van der Waals surface area contributed by atoms with Crippen LogP contribution in [0.1, 0.15) is 11.1 Å². The summed E-state index contributed by atoms with van der Waals surface area (Å²) in [5.74, 6) is 1.51. The van der Waals surface area contributed by atoms with E-state index in [-0.39, 0.29) is 12.5 Å². The van der Waals surface area contributed by atoms with Crippen molar-refractivity contribution in [2.24, 2.45) is 7.05 Å². The molecule has 0 spiro atoms. The number of ether oxygens (including phenoxy) is 2. The van der Waals surface area contributed by atoms with E-state index >= 15 is 0 Å². The van der Waals surface area contributed by atoms with Crippen LogP contribution in [0, 0.1) is 0 Å². The molecule has 20 heavy (non-hydrogen) atoms. The van der Waals surface area contributed by atoms with E-state index in [2.05, 4.69) is 10.4 Å². The molecule has 0 atom stereocenters. The van der Waals surface area contributed by atoms with Crippen LogP contribution in [0.15, 0.2) is 24.5 Å². The highest BCUT2D eigenvalue weighted by atomic mass is 16.7. The molecular formula is C14H17N3O3. The van der Waals surface area contributed by atoms with Gasteiger partial charge in [0, 0.05) is 31.4 Å². The van der Waals surface area contributed by atoms with Gasteiger partial charge in [-0.2, -0.15) is 5.10 Å². The first kappa shape index (κ1) is 12.8. The van der Waals surface area contributed by atoms with Crippen LogP contribution in [-0.4, -0.2) is 28.2 Å². The molecule has 0 saturated carbocycles. The van der Waals surface area contributed by atoms with Crippen molar-refractivity contribution in [3.8, 4) is 17.2 Å². The van der Waals surface area contributed by atoms with E-state index in [9.17, 15) is 5.11 Å². The van der Waals surface area contributed by atoms with E-state index in [1.54, 1.807) is 10.7 Å². The van der Waals surface area contributed by atoms with Gasteiger partial charge in [0.05, 0.1) is 6.20 Å². The number of fused-ring (bicyclic) bond motifs is 1. The molecule has 6 nitrogen and oxygen atoms in total. The molecule has 1 aliphatic rings. The number of benzene rings is 1. The highest BCUT2D eigenvalue weighted by Gasteiger charge is 2.16. The molecule has 0 aliphatic carbocycles. The van der Waals surface area contributed by atoms with E-state index < -0.39 is 0 Å². The third-order valence-corrected chi connectivity index (χ3v) is 3.24. The lowest BCUT2D eigenvalue weighted by Gasteiger charge is -2.07. The maximum absolute atomic E-state index is 9.91. The molecule has 6 heteroatoms. The molecule has 3 rings (SSSR count). The lowest BCUT2D eigenvalue weighted by Crippen LogP contribution is -2.16. The number of nitrogens with one attached hydrogen (secondary N) is 1. The number of aryl methyl sites for hydroxylation is 1. The Hall–Kier alpha value is -2.21. The number of aromatic nitrogens is 2. The molecule has 0 amide bonds. The van der Waals surface area contributed by atoms with Gasteiger partial charge < -0.3 is 19.9 Å². The predicted molar refractivity (Wildman–Crippen MR) is 72.8 cm³/mol. The van der Waals surface area contributed by atoms with Gasteiger partial charge in [-0.05, 0) is 24.6 Å². The minimum atomic E-state index is 0.215. The van der Waals surface area contributed by atoms with Crippen LogP contribution in [0.4, 0.5) is 0 Å². The second-order valence-electron chi connectivity index (χ2n) is 4.78. The summed E-state index contributed by atoms with van der Waals surface area (Å²) in [5.41, 5.74) is 2.00. The Kier molecular flexibility index (Phi) is 3.47. The van der Waals surface area contributed by atoms with Gasteiger partial charge in [-0.15, -0.1) is 0 Å². The van der Waals surface area contributed by atoms with Crippen molar-refractivity contribution in [3.05, 3.63) is 35.7 Å². The molecule has 0 saturated heterocycles. The zero-order valence-corrected chi connectivity index (χ0v) is 11.3. The van der Waals surface area contributed by atoms with Gasteiger partial charge in [-0.1, -0.05) is 0 Å². The van der Waals surface area contributed by atoms with Crippen molar-refractivity contribution in [3.63, 3.8) is 0 Å². The molecule has 2 N–H and O–H groups in total. The van der Waals surface area contributed by atoms with Crippen molar-refractivity contribution >= 4 is 0 Å². The molecule has 2 heterocycles. The largest absolute Gasteiger partial charge is 0.507 e. The number of hydrogen-bond acceptors (Lipinski definition) is 5. The summed E-state index contributed by atoms with van der Waals surface area (Å²) in [5, 5.41) is 17.3. The van der Waals surface area contributed by atoms with Gasteiger partial charge in [-0.25, -0.2) is 0 Å². The first-order valence-corrected chi connectivity index (χ1v) is 6.52. The molecule has 2 aromatic rings. The van der Waals surface area contributed by atoms with Crippen LogP contribution in [-0.2, 0) is 20.0 Å². The maximum atomic E-state index is 9.91. The van der Waals surface area contributed by atoms with Crippen LogP contribution in [0.5, 0.6) is 17.2 Å². The molecule has 1 aliphatic heterocycles. The minimum absolute atomic E-state index is 0.215. The number of nitrogens with zero attached hydrogens (tertiary/aromatic N) is 2. The van der Waals surface area contributed by atoms with Crippen LogP contribution in [0.25, 0.3) is 0 Å². The molecule has 1 aromatic carbocycles. The Morgan fingerprint density at radius 3 is 2.90 bits per heavy atom. The van der Waals surface area contributed by atoms with Crippen LogP contribution >= 0.6 is 0 Å². The summed E-state index contributed by atoms with van der Waals surface area (Å²) in [4.78, 5) is 0. The van der Waals surface area contributed by atoms with Crippen LogP contribution in [0.2, 0.25) is 0 Å². The van der Waals surface area contributed by atoms with Gasteiger partial charge in [0.25, 0.3) is 0 Å². The second kappa shape index (κ2) is 5.42. The number of phenolic OH excluding ortho intramolecular Hbond substituents is 1. The lowest BCUT2D eigenvalue weighted by molar-refractivity contribution is 0.174. The molecule has 0 unspecified atom stereocenters. The number of phenols is 1. The zero-order valence-electron chi connectivity index (χ0n) is 11.3. The van der Waals surface area contributed by atoms with Crippen LogP contribution in [0.3, 0.4) is 0 Å². The summed E-state index contributed by atoms with van der Waals surface area (Å²) >= 11 is 0. The van der Waals surface area contributed by atoms with E-state index in [0.717, 1.165) is 18.5 Å². The van der Waals surface area contributed by atoms with Gasteiger partial charge in [0.15, 0.2) is 11.5 Å². The first-order valence-electron chi connectivity index (χ1n) is 6.52. The smallest absolute Gasteiger partial charge is 0.231 e. The normalized spacial score (nSPS) is 12.8. The van der Waals surface area contributed by atoms with Gasteiger partial charge >= 0.3 is 0 Å². The highest BCUT2D eigenvalue weighted by molar-refractivity contribution is 5.51. The first-order chi connectivity index (χ1) is 9.72. The fraction of sp³-hybridized carbons (Fsp3) is 0.357. The Bertz CT molecular complexity index is 610. The minimum Gasteiger partial charge on any atom is -0.507 e. The fourth-order valence-electron chi connectivity index (χ4n) is 2.17. The lowest BCUT2D eigenvalue weighted by atomic mass is 10.1. The monoisotopic (exact) mass is 275 g/mol. The van der Waals surface area contributed by atoms with E-state index in [4.69, 9.17) is 9.47 Å². The van der Waals surface area contributed by atoms with Gasteiger partial charge in [-0.3, -0.25) is 4.68 Å². The second-order valence-corrected chi connectivity index (χ2v) is 4.78. The van der Waals surface area contributed by atoms with Crippen molar-refractivity contribution in [2.45, 2.75) is 13.0 Å². The average molecular weight is 275 g/mol. The summed E-state index contributed by atoms with van der Waals surface area (Å²) < 4.78 is 12.3. The summed E-state index contributed by atoms with van der Waals surface area (Å²) in [6, 6.07) is 3.41. The quantitative estimate of drug-likeness (QED) is 0.802.